The van der Waals surface area contributed by atoms with E-state index >= 15 is 0 Å². The van der Waals surface area contributed by atoms with Gasteiger partial charge in [-0.2, -0.15) is 0 Å². The molecule has 0 saturated carbocycles. The number of rotatable bonds is 2. The fraction of sp³-hybridized carbons (Fsp3) is 0.100. The lowest BCUT2D eigenvalue weighted by atomic mass is 10.1. The number of carboxylic acids is 1. The van der Waals surface area contributed by atoms with Crippen molar-refractivity contribution in [3.05, 3.63) is 40.9 Å². The summed E-state index contributed by atoms with van der Waals surface area (Å²) in [6.07, 6.45) is 1.08. The van der Waals surface area contributed by atoms with Crippen molar-refractivity contribution >= 4 is 12.0 Å². The number of aliphatic carboxylic acids is 1. The third-order valence-corrected chi connectivity index (χ3v) is 1.74. The first-order valence-corrected chi connectivity index (χ1v) is 3.91. The molecule has 2 N–H and O–H groups in total. The van der Waals surface area contributed by atoms with Crippen LogP contribution in [0.5, 0.6) is 0 Å². The Morgan fingerprint density at radius 2 is 2.07 bits per heavy atom. The Kier molecular flexibility index (Phi) is 2.86. The van der Waals surface area contributed by atoms with Crippen LogP contribution >= 0.6 is 0 Å². The average molecular weight is 196 g/mol. The van der Waals surface area contributed by atoms with Crippen molar-refractivity contribution in [1.29, 1.82) is 0 Å². The lowest BCUT2D eigenvalue weighted by Gasteiger charge is -2.00. The van der Waals surface area contributed by atoms with Gasteiger partial charge in [0.1, 0.15) is 5.82 Å². The molecule has 3 nitrogen and oxygen atoms in total. The molecule has 1 aromatic carbocycles. The molecule has 0 aromatic heterocycles. The molecular formula is C10H9FO3. The van der Waals surface area contributed by atoms with Gasteiger partial charge >= 0.3 is 5.97 Å². The maximum Gasteiger partial charge on any atom is 0.370 e. The standard InChI is InChI=1S/C10H9FO3/c1-6-4-8(11)3-2-7(6)5-9(12)10(13)14/h2-5,12H,1H3,(H,13,14). The number of aliphatic hydroxyl groups excluding tert-OH is 1. The highest BCUT2D eigenvalue weighted by Crippen LogP contribution is 2.13. The van der Waals surface area contributed by atoms with Gasteiger partial charge in [0.05, 0.1) is 0 Å². The van der Waals surface area contributed by atoms with E-state index in [0.29, 0.717) is 11.1 Å². The third-order valence-electron chi connectivity index (χ3n) is 1.74. The molecule has 0 spiro atoms. The maximum atomic E-state index is 12.6. The number of carbonyl (C=O) groups is 1. The van der Waals surface area contributed by atoms with Gasteiger partial charge in [0.2, 0.25) is 5.76 Å². The molecule has 0 fully saturated rings. The van der Waals surface area contributed by atoms with Crippen molar-refractivity contribution in [3.63, 3.8) is 0 Å². The summed E-state index contributed by atoms with van der Waals surface area (Å²) in [5.41, 5.74) is 1.05. The van der Waals surface area contributed by atoms with E-state index in [4.69, 9.17) is 10.2 Å². The summed E-state index contributed by atoms with van der Waals surface area (Å²) in [6, 6.07) is 3.87. The van der Waals surface area contributed by atoms with Crippen molar-refractivity contribution < 1.29 is 19.4 Å². The van der Waals surface area contributed by atoms with E-state index in [-0.39, 0.29) is 0 Å². The SMILES string of the molecule is Cc1cc(F)ccc1C=C(O)C(=O)O. The molecule has 0 aliphatic rings. The predicted molar refractivity (Wildman–Crippen MR) is 49.4 cm³/mol. The highest BCUT2D eigenvalue weighted by molar-refractivity contribution is 5.89. The predicted octanol–water partition coefficient (Wildman–Crippen LogP) is 2.12. The molecule has 1 rings (SSSR count). The Hall–Kier alpha value is -1.84. The van der Waals surface area contributed by atoms with Gasteiger partial charge in [0.25, 0.3) is 0 Å². The third kappa shape index (κ3) is 2.32. The molecule has 0 amide bonds. The summed E-state index contributed by atoms with van der Waals surface area (Å²) in [5, 5.41) is 17.3. The van der Waals surface area contributed by atoms with Crippen molar-refractivity contribution in [2.24, 2.45) is 0 Å². The fourth-order valence-electron chi connectivity index (χ4n) is 1.01. The summed E-state index contributed by atoms with van der Waals surface area (Å²) in [4.78, 5) is 10.3. The Labute approximate surface area is 80.1 Å². The van der Waals surface area contributed by atoms with Gasteiger partial charge in [-0.25, -0.2) is 9.18 Å². The lowest BCUT2D eigenvalue weighted by molar-refractivity contribution is -0.135. The number of halogens is 1. The zero-order valence-electron chi connectivity index (χ0n) is 7.49. The van der Waals surface area contributed by atoms with Crippen LogP contribution in [0.4, 0.5) is 4.39 Å². The molecule has 4 heteroatoms. The van der Waals surface area contributed by atoms with Crippen LogP contribution in [0, 0.1) is 12.7 Å². The molecule has 0 saturated heterocycles. The molecule has 14 heavy (non-hydrogen) atoms. The molecule has 1 aromatic rings. The second kappa shape index (κ2) is 3.91. The number of hydrogen-bond donors (Lipinski definition) is 2. The number of hydrogen-bond acceptors (Lipinski definition) is 2. The van der Waals surface area contributed by atoms with Crippen molar-refractivity contribution in [2.75, 3.05) is 0 Å². The van der Waals surface area contributed by atoms with Gasteiger partial charge in [0, 0.05) is 0 Å². The molecule has 0 heterocycles. The first kappa shape index (κ1) is 10.2. The molecule has 0 aliphatic carbocycles. The highest BCUT2D eigenvalue weighted by atomic mass is 19.1. The van der Waals surface area contributed by atoms with Crippen LogP contribution in [0.25, 0.3) is 6.08 Å². The Balaban J connectivity index is 3.09. The molecule has 74 valence electrons. The van der Waals surface area contributed by atoms with Gasteiger partial charge in [-0.05, 0) is 36.3 Å². The van der Waals surface area contributed by atoms with E-state index < -0.39 is 17.5 Å². The van der Waals surface area contributed by atoms with E-state index in [9.17, 15) is 9.18 Å². The molecule has 0 atom stereocenters. The summed E-state index contributed by atoms with van der Waals surface area (Å²) >= 11 is 0. The van der Waals surface area contributed by atoms with Gasteiger partial charge in [-0.15, -0.1) is 0 Å². The Bertz CT molecular complexity index is 396. The number of aliphatic hydroxyl groups is 1. The lowest BCUT2D eigenvalue weighted by Crippen LogP contribution is -1.98. The van der Waals surface area contributed by atoms with Gasteiger partial charge in [-0.1, -0.05) is 6.07 Å². The van der Waals surface area contributed by atoms with Crippen LogP contribution in [0.3, 0.4) is 0 Å². The van der Waals surface area contributed by atoms with Crippen molar-refractivity contribution in [3.8, 4) is 0 Å². The smallest absolute Gasteiger partial charge is 0.370 e. The normalized spacial score (nSPS) is 11.4. The van der Waals surface area contributed by atoms with Crippen LogP contribution in [-0.2, 0) is 4.79 Å². The van der Waals surface area contributed by atoms with Crippen molar-refractivity contribution in [2.45, 2.75) is 6.92 Å². The van der Waals surface area contributed by atoms with Crippen LogP contribution < -0.4 is 0 Å². The van der Waals surface area contributed by atoms with Gasteiger partial charge in [-0.3, -0.25) is 0 Å². The minimum absolute atomic E-state index is 0.394. The van der Waals surface area contributed by atoms with Crippen molar-refractivity contribution in [1.82, 2.24) is 0 Å². The summed E-state index contributed by atoms with van der Waals surface area (Å²) in [7, 11) is 0. The van der Waals surface area contributed by atoms with Crippen LogP contribution in [-0.4, -0.2) is 16.2 Å². The number of carboxylic acid groups (broad SMARTS) is 1. The second-order valence-electron chi connectivity index (χ2n) is 2.84. The zero-order chi connectivity index (χ0) is 10.7. The van der Waals surface area contributed by atoms with E-state index in [0.717, 1.165) is 6.08 Å². The quantitative estimate of drug-likeness (QED) is 0.562. The van der Waals surface area contributed by atoms with Gasteiger partial charge < -0.3 is 10.2 Å². The second-order valence-corrected chi connectivity index (χ2v) is 2.84. The number of aryl methyl sites for hydroxylation is 1. The van der Waals surface area contributed by atoms with E-state index in [1.54, 1.807) is 6.92 Å². The van der Waals surface area contributed by atoms with Crippen LogP contribution in [0.2, 0.25) is 0 Å². The topological polar surface area (TPSA) is 57.5 Å². The molecular weight excluding hydrogens is 187 g/mol. The van der Waals surface area contributed by atoms with E-state index in [1.165, 1.54) is 18.2 Å². The largest absolute Gasteiger partial charge is 0.502 e. The fourth-order valence-corrected chi connectivity index (χ4v) is 1.01. The van der Waals surface area contributed by atoms with Gasteiger partial charge in [0.15, 0.2) is 0 Å². The summed E-state index contributed by atoms with van der Waals surface area (Å²) < 4.78 is 12.6. The summed E-state index contributed by atoms with van der Waals surface area (Å²) in [6.45, 7) is 1.63. The minimum atomic E-state index is -1.41. The molecule has 0 bridgehead atoms. The molecule has 0 aliphatic heterocycles. The molecule has 0 radical (unpaired) electrons. The average Bonchev–Trinajstić information content (AvgIpc) is 2.09. The monoisotopic (exact) mass is 196 g/mol. The Morgan fingerprint density at radius 1 is 1.43 bits per heavy atom. The van der Waals surface area contributed by atoms with Crippen LogP contribution in [0.1, 0.15) is 11.1 Å². The molecule has 0 unspecified atom stereocenters. The summed E-state index contributed by atoms with van der Waals surface area (Å²) in [5.74, 6) is -2.57. The van der Waals surface area contributed by atoms with E-state index in [1.807, 2.05) is 0 Å². The Morgan fingerprint density at radius 3 is 2.57 bits per heavy atom. The first-order chi connectivity index (χ1) is 6.50. The van der Waals surface area contributed by atoms with E-state index in [2.05, 4.69) is 0 Å². The minimum Gasteiger partial charge on any atom is -0.502 e. The maximum absolute atomic E-state index is 12.6. The zero-order valence-corrected chi connectivity index (χ0v) is 7.49. The van der Waals surface area contributed by atoms with Crippen LogP contribution in [0.15, 0.2) is 24.0 Å². The first-order valence-electron chi connectivity index (χ1n) is 3.91. The highest BCUT2D eigenvalue weighted by Gasteiger charge is 2.05. The number of benzene rings is 1.